The van der Waals surface area contributed by atoms with Gasteiger partial charge < -0.3 is 25.5 Å². The third-order valence-electron chi connectivity index (χ3n) is 1.51. The Hall–Kier alpha value is -2.04. The number of nitrogen functional groups attached to an aromatic ring is 1. The number of nitrogens with two attached hydrogens (primary N) is 1. The van der Waals surface area contributed by atoms with E-state index in [1.165, 1.54) is 6.07 Å². The molecule has 0 heterocycles. The minimum atomic E-state index is -1.51. The van der Waals surface area contributed by atoms with Gasteiger partial charge in [0.15, 0.2) is 0 Å². The smallest absolute Gasteiger partial charge is 0.0736 e. The van der Waals surface area contributed by atoms with Crippen molar-refractivity contribution in [3.05, 3.63) is 29.3 Å². The zero-order chi connectivity index (χ0) is 10.0. The van der Waals surface area contributed by atoms with Crippen LogP contribution in [0.4, 0.5) is 5.69 Å². The van der Waals surface area contributed by atoms with Gasteiger partial charge in [0.1, 0.15) is 0 Å². The van der Waals surface area contributed by atoms with Crippen molar-refractivity contribution in [1.29, 1.82) is 0 Å². The molecule has 0 aliphatic rings. The number of hydrogen-bond acceptors (Lipinski definition) is 5. The number of aromatic carboxylic acids is 2. The molecule has 5 heteroatoms. The van der Waals surface area contributed by atoms with Crippen LogP contribution >= 0.6 is 0 Å². The second-order valence-corrected chi connectivity index (χ2v) is 2.38. The SMILES string of the molecule is Nc1ccc(C(=O)[O-])cc1C(=O)[O-]. The van der Waals surface area contributed by atoms with Crippen molar-refractivity contribution >= 4 is 17.6 Å². The number of carbonyl (C=O) groups excluding carboxylic acids is 2. The Bertz CT molecular complexity index is 372. The third kappa shape index (κ3) is 1.76. The summed E-state index contributed by atoms with van der Waals surface area (Å²) in [5, 5.41) is 20.7. The number of carboxylic acid groups (broad SMARTS) is 2. The molecule has 0 saturated carbocycles. The van der Waals surface area contributed by atoms with Gasteiger partial charge >= 0.3 is 0 Å². The number of anilines is 1. The van der Waals surface area contributed by atoms with E-state index in [0.717, 1.165) is 12.1 Å². The molecule has 1 aromatic rings. The van der Waals surface area contributed by atoms with Gasteiger partial charge in [-0.3, -0.25) is 0 Å². The summed E-state index contributed by atoms with van der Waals surface area (Å²) in [6, 6.07) is 3.24. The van der Waals surface area contributed by atoms with Gasteiger partial charge in [0.2, 0.25) is 0 Å². The summed E-state index contributed by atoms with van der Waals surface area (Å²) in [7, 11) is 0. The van der Waals surface area contributed by atoms with Crippen LogP contribution in [0.15, 0.2) is 18.2 Å². The monoisotopic (exact) mass is 179 g/mol. The molecule has 1 aromatic carbocycles. The predicted octanol–water partition coefficient (Wildman–Crippen LogP) is -2.00. The van der Waals surface area contributed by atoms with Crippen LogP contribution in [-0.2, 0) is 0 Å². The van der Waals surface area contributed by atoms with Gasteiger partial charge in [0, 0.05) is 11.3 Å². The highest BCUT2D eigenvalue weighted by Gasteiger charge is 2.02. The molecule has 0 aromatic heterocycles. The topological polar surface area (TPSA) is 106 Å². The number of carboxylic acids is 2. The average Bonchev–Trinajstić information content (AvgIpc) is 2.04. The molecule has 0 amide bonds. The summed E-state index contributed by atoms with van der Waals surface area (Å²) in [5.41, 5.74) is 4.63. The van der Waals surface area contributed by atoms with Crippen LogP contribution in [0.1, 0.15) is 20.7 Å². The quantitative estimate of drug-likeness (QED) is 0.528. The average molecular weight is 179 g/mol. The molecule has 0 aliphatic heterocycles. The lowest BCUT2D eigenvalue weighted by Crippen LogP contribution is -2.26. The molecule has 5 nitrogen and oxygen atoms in total. The van der Waals surface area contributed by atoms with Crippen LogP contribution in [0.3, 0.4) is 0 Å². The zero-order valence-corrected chi connectivity index (χ0v) is 6.44. The molecule has 0 saturated heterocycles. The molecule has 2 N–H and O–H groups in total. The van der Waals surface area contributed by atoms with E-state index < -0.39 is 11.9 Å². The minimum absolute atomic E-state index is 0.0370. The highest BCUT2D eigenvalue weighted by Crippen LogP contribution is 2.12. The van der Waals surface area contributed by atoms with Crippen LogP contribution in [0, 0.1) is 0 Å². The first-order valence-corrected chi connectivity index (χ1v) is 3.34. The van der Waals surface area contributed by atoms with E-state index in [1.807, 2.05) is 0 Å². The van der Waals surface area contributed by atoms with Gasteiger partial charge in [0.05, 0.1) is 11.9 Å². The standard InChI is InChI=1S/C8H7NO4/c9-6-2-1-4(7(10)11)3-5(6)8(12)13/h1-3H,9H2,(H,10,11)(H,12,13)/p-2. The normalized spacial score (nSPS) is 9.54. The van der Waals surface area contributed by atoms with E-state index in [1.54, 1.807) is 0 Å². The molecule has 1 rings (SSSR count). The van der Waals surface area contributed by atoms with Gasteiger partial charge in [0.25, 0.3) is 0 Å². The van der Waals surface area contributed by atoms with E-state index >= 15 is 0 Å². The Morgan fingerprint density at radius 3 is 2.23 bits per heavy atom. The number of hydrogen-bond donors (Lipinski definition) is 1. The second-order valence-electron chi connectivity index (χ2n) is 2.38. The summed E-state index contributed by atoms with van der Waals surface area (Å²) >= 11 is 0. The third-order valence-corrected chi connectivity index (χ3v) is 1.51. The van der Waals surface area contributed by atoms with Crippen LogP contribution in [0.25, 0.3) is 0 Å². The molecule has 13 heavy (non-hydrogen) atoms. The molecule has 0 fully saturated rings. The van der Waals surface area contributed by atoms with E-state index in [4.69, 9.17) is 5.73 Å². The highest BCUT2D eigenvalue weighted by molar-refractivity contribution is 5.96. The summed E-state index contributed by atoms with van der Waals surface area (Å²) in [6.45, 7) is 0. The molecule has 0 unspecified atom stereocenters. The van der Waals surface area contributed by atoms with Crippen LogP contribution in [0.2, 0.25) is 0 Å². The summed E-state index contributed by atoms with van der Waals surface area (Å²) in [4.78, 5) is 20.7. The van der Waals surface area contributed by atoms with E-state index in [2.05, 4.69) is 0 Å². The fourth-order valence-corrected chi connectivity index (χ4v) is 0.860. The number of benzene rings is 1. The zero-order valence-electron chi connectivity index (χ0n) is 6.44. The maximum atomic E-state index is 10.4. The minimum Gasteiger partial charge on any atom is -0.545 e. The molecular formula is C8H5NO4-2. The first-order valence-electron chi connectivity index (χ1n) is 3.34. The van der Waals surface area contributed by atoms with Crippen molar-refractivity contribution in [3.63, 3.8) is 0 Å². The first kappa shape index (κ1) is 9.05. The van der Waals surface area contributed by atoms with Gasteiger partial charge in [-0.25, -0.2) is 0 Å². The fraction of sp³-hybridized carbons (Fsp3) is 0. The van der Waals surface area contributed by atoms with Crippen molar-refractivity contribution in [2.75, 3.05) is 5.73 Å². The van der Waals surface area contributed by atoms with Gasteiger partial charge in [-0.1, -0.05) is 6.07 Å². The van der Waals surface area contributed by atoms with E-state index in [0.29, 0.717) is 0 Å². The Kier molecular flexibility index (Phi) is 2.19. The van der Waals surface area contributed by atoms with Crippen molar-refractivity contribution < 1.29 is 19.8 Å². The highest BCUT2D eigenvalue weighted by atomic mass is 16.4. The van der Waals surface area contributed by atoms with Crippen molar-refractivity contribution in [1.82, 2.24) is 0 Å². The Labute approximate surface area is 73.4 Å². The summed E-state index contributed by atoms with van der Waals surface area (Å²) < 4.78 is 0. The van der Waals surface area contributed by atoms with E-state index in [9.17, 15) is 19.8 Å². The number of carbonyl (C=O) groups is 2. The first-order chi connectivity index (χ1) is 6.02. The predicted molar refractivity (Wildman–Crippen MR) is 39.5 cm³/mol. The van der Waals surface area contributed by atoms with Crippen LogP contribution in [0.5, 0.6) is 0 Å². The maximum Gasteiger partial charge on any atom is 0.0736 e. The Morgan fingerprint density at radius 2 is 1.77 bits per heavy atom. The molecule has 0 aliphatic carbocycles. The van der Waals surface area contributed by atoms with Gasteiger partial charge in [-0.15, -0.1) is 0 Å². The molecule has 68 valence electrons. The lowest BCUT2D eigenvalue weighted by Gasteiger charge is -2.09. The van der Waals surface area contributed by atoms with Crippen LogP contribution in [-0.4, -0.2) is 11.9 Å². The molecule has 0 spiro atoms. The lowest BCUT2D eigenvalue weighted by molar-refractivity contribution is -0.255. The Morgan fingerprint density at radius 1 is 1.15 bits per heavy atom. The van der Waals surface area contributed by atoms with Gasteiger partial charge in [-0.05, 0) is 17.7 Å². The largest absolute Gasteiger partial charge is 0.545 e. The van der Waals surface area contributed by atoms with Crippen LogP contribution < -0.4 is 15.9 Å². The summed E-state index contributed by atoms with van der Waals surface area (Å²) in [5.74, 6) is -2.97. The lowest BCUT2D eigenvalue weighted by atomic mass is 10.1. The molecule has 0 bridgehead atoms. The van der Waals surface area contributed by atoms with Gasteiger partial charge in [-0.2, -0.15) is 0 Å². The fourth-order valence-electron chi connectivity index (χ4n) is 0.860. The molecule has 0 radical (unpaired) electrons. The second kappa shape index (κ2) is 3.14. The Balaban J connectivity index is 3.27. The van der Waals surface area contributed by atoms with Crippen molar-refractivity contribution in [3.8, 4) is 0 Å². The molecular weight excluding hydrogens is 174 g/mol. The molecule has 0 atom stereocenters. The van der Waals surface area contributed by atoms with E-state index in [-0.39, 0.29) is 16.8 Å². The van der Waals surface area contributed by atoms with Crippen molar-refractivity contribution in [2.45, 2.75) is 0 Å². The summed E-state index contributed by atoms with van der Waals surface area (Å²) in [6.07, 6.45) is 0. The van der Waals surface area contributed by atoms with Crippen molar-refractivity contribution in [2.24, 2.45) is 0 Å². The number of rotatable bonds is 2. The maximum absolute atomic E-state index is 10.4.